The first-order valence-electron chi connectivity index (χ1n) is 5.75. The third-order valence-corrected chi connectivity index (χ3v) is 2.84. The summed E-state index contributed by atoms with van der Waals surface area (Å²) in [5.41, 5.74) is 0.756. The highest BCUT2D eigenvalue weighted by Gasteiger charge is 2.13. The standard InChI is InChI=1S/C15H15ClO2/c1-10(16)9-18-15-13(11(2)17)8-7-12-5-3-4-6-14(12)15/h3-8,11,17H,1,9H2,2H3/t11-/m0/s1. The minimum atomic E-state index is -0.590. The van der Waals surface area contributed by atoms with Crippen molar-refractivity contribution >= 4 is 22.4 Å². The summed E-state index contributed by atoms with van der Waals surface area (Å²) in [6.07, 6.45) is -0.590. The van der Waals surface area contributed by atoms with Gasteiger partial charge in [-0.3, -0.25) is 0 Å². The lowest BCUT2D eigenvalue weighted by Gasteiger charge is -2.15. The topological polar surface area (TPSA) is 29.5 Å². The summed E-state index contributed by atoms with van der Waals surface area (Å²) in [5.74, 6) is 0.671. The van der Waals surface area contributed by atoms with Gasteiger partial charge in [-0.25, -0.2) is 0 Å². The van der Waals surface area contributed by atoms with Crippen molar-refractivity contribution in [3.8, 4) is 5.75 Å². The monoisotopic (exact) mass is 262 g/mol. The van der Waals surface area contributed by atoms with Crippen LogP contribution in [0.4, 0.5) is 0 Å². The van der Waals surface area contributed by atoms with Crippen molar-refractivity contribution in [3.63, 3.8) is 0 Å². The average molecular weight is 263 g/mol. The van der Waals surface area contributed by atoms with Crippen LogP contribution in [0.5, 0.6) is 5.75 Å². The second kappa shape index (κ2) is 5.42. The van der Waals surface area contributed by atoms with Crippen LogP contribution in [-0.2, 0) is 0 Å². The Hall–Kier alpha value is -1.51. The molecule has 0 aliphatic rings. The lowest BCUT2D eigenvalue weighted by Crippen LogP contribution is -2.02. The molecular formula is C15H15ClO2. The molecule has 3 heteroatoms. The number of hydrogen-bond acceptors (Lipinski definition) is 2. The van der Waals surface area contributed by atoms with Crippen molar-refractivity contribution in [2.45, 2.75) is 13.0 Å². The van der Waals surface area contributed by atoms with E-state index in [-0.39, 0.29) is 6.61 Å². The molecule has 2 aromatic carbocycles. The molecule has 0 aliphatic carbocycles. The molecule has 0 unspecified atom stereocenters. The fourth-order valence-electron chi connectivity index (χ4n) is 1.90. The lowest BCUT2D eigenvalue weighted by atomic mass is 10.0. The first-order chi connectivity index (χ1) is 8.59. The van der Waals surface area contributed by atoms with Gasteiger partial charge in [-0.15, -0.1) is 0 Å². The zero-order valence-corrected chi connectivity index (χ0v) is 10.9. The van der Waals surface area contributed by atoms with Gasteiger partial charge < -0.3 is 9.84 Å². The summed E-state index contributed by atoms with van der Waals surface area (Å²) in [6, 6.07) is 11.7. The van der Waals surface area contributed by atoms with E-state index >= 15 is 0 Å². The van der Waals surface area contributed by atoms with Crippen molar-refractivity contribution in [2.75, 3.05) is 6.61 Å². The van der Waals surface area contributed by atoms with Crippen LogP contribution in [0.1, 0.15) is 18.6 Å². The molecule has 0 saturated heterocycles. The number of halogens is 1. The fourth-order valence-corrected chi connectivity index (χ4v) is 1.95. The predicted octanol–water partition coefficient (Wildman–Crippen LogP) is 4.02. The van der Waals surface area contributed by atoms with Crippen molar-refractivity contribution in [1.29, 1.82) is 0 Å². The van der Waals surface area contributed by atoms with Crippen LogP contribution >= 0.6 is 11.6 Å². The van der Waals surface area contributed by atoms with Crippen LogP contribution in [0.25, 0.3) is 10.8 Å². The van der Waals surface area contributed by atoms with E-state index in [1.807, 2.05) is 36.4 Å². The van der Waals surface area contributed by atoms with Gasteiger partial charge >= 0.3 is 0 Å². The minimum Gasteiger partial charge on any atom is -0.487 e. The molecule has 0 amide bonds. The first kappa shape index (κ1) is 12.9. The zero-order valence-electron chi connectivity index (χ0n) is 10.2. The summed E-state index contributed by atoms with van der Waals surface area (Å²) >= 11 is 5.73. The number of aliphatic hydroxyl groups is 1. The number of fused-ring (bicyclic) bond motifs is 1. The van der Waals surface area contributed by atoms with Gasteiger partial charge in [0.15, 0.2) is 0 Å². The Morgan fingerprint density at radius 3 is 2.72 bits per heavy atom. The van der Waals surface area contributed by atoms with E-state index in [0.29, 0.717) is 10.8 Å². The maximum Gasteiger partial charge on any atom is 0.133 e. The third-order valence-electron chi connectivity index (χ3n) is 2.73. The maximum absolute atomic E-state index is 9.79. The molecule has 2 aromatic rings. The molecule has 0 radical (unpaired) electrons. The summed E-state index contributed by atoms with van der Waals surface area (Å²) in [5, 5.41) is 12.3. The number of ether oxygens (including phenoxy) is 1. The van der Waals surface area contributed by atoms with Gasteiger partial charge in [0.1, 0.15) is 12.4 Å². The average Bonchev–Trinajstić information content (AvgIpc) is 2.35. The zero-order chi connectivity index (χ0) is 13.1. The van der Waals surface area contributed by atoms with Crippen LogP contribution in [-0.4, -0.2) is 11.7 Å². The van der Waals surface area contributed by atoms with E-state index in [0.717, 1.165) is 16.3 Å². The second-order valence-electron chi connectivity index (χ2n) is 4.19. The normalized spacial score (nSPS) is 12.4. The molecule has 18 heavy (non-hydrogen) atoms. The molecular weight excluding hydrogens is 248 g/mol. The number of hydrogen-bond donors (Lipinski definition) is 1. The summed E-state index contributed by atoms with van der Waals surface area (Å²) < 4.78 is 5.68. The van der Waals surface area contributed by atoms with Gasteiger partial charge in [0, 0.05) is 16.0 Å². The van der Waals surface area contributed by atoms with Gasteiger partial charge in [-0.1, -0.05) is 54.6 Å². The molecule has 2 nitrogen and oxygen atoms in total. The largest absolute Gasteiger partial charge is 0.487 e. The molecule has 0 saturated carbocycles. The van der Waals surface area contributed by atoms with Gasteiger partial charge in [0.05, 0.1) is 6.10 Å². The van der Waals surface area contributed by atoms with E-state index in [2.05, 4.69) is 6.58 Å². The molecule has 94 valence electrons. The second-order valence-corrected chi connectivity index (χ2v) is 4.72. The van der Waals surface area contributed by atoms with E-state index in [9.17, 15) is 5.11 Å². The van der Waals surface area contributed by atoms with Crippen LogP contribution in [0.3, 0.4) is 0 Å². The SMILES string of the molecule is C=C(Cl)COc1c([C@H](C)O)ccc2ccccc12. The molecule has 0 fully saturated rings. The Morgan fingerprint density at radius 1 is 1.33 bits per heavy atom. The highest BCUT2D eigenvalue weighted by atomic mass is 35.5. The Morgan fingerprint density at radius 2 is 2.06 bits per heavy atom. The maximum atomic E-state index is 9.79. The summed E-state index contributed by atoms with van der Waals surface area (Å²) in [4.78, 5) is 0. The number of benzene rings is 2. The molecule has 1 atom stereocenters. The van der Waals surface area contributed by atoms with Crippen LogP contribution in [0.15, 0.2) is 48.0 Å². The van der Waals surface area contributed by atoms with E-state index < -0.39 is 6.10 Å². The summed E-state index contributed by atoms with van der Waals surface area (Å²) in [6.45, 7) is 5.55. The predicted molar refractivity (Wildman–Crippen MR) is 75.1 cm³/mol. The van der Waals surface area contributed by atoms with Crippen LogP contribution in [0.2, 0.25) is 0 Å². The van der Waals surface area contributed by atoms with Crippen molar-refractivity contribution in [1.82, 2.24) is 0 Å². The van der Waals surface area contributed by atoms with Crippen molar-refractivity contribution < 1.29 is 9.84 Å². The Balaban J connectivity index is 2.55. The molecule has 0 aliphatic heterocycles. The highest BCUT2D eigenvalue weighted by Crippen LogP contribution is 2.33. The Bertz CT molecular complexity index is 576. The molecule has 1 N–H and O–H groups in total. The van der Waals surface area contributed by atoms with Gasteiger partial charge in [0.2, 0.25) is 0 Å². The third kappa shape index (κ3) is 2.66. The van der Waals surface area contributed by atoms with Gasteiger partial charge in [-0.2, -0.15) is 0 Å². The quantitative estimate of drug-likeness (QED) is 0.902. The molecule has 0 aromatic heterocycles. The van der Waals surface area contributed by atoms with Crippen molar-refractivity contribution in [3.05, 3.63) is 53.6 Å². The molecule has 2 rings (SSSR count). The van der Waals surface area contributed by atoms with E-state index in [4.69, 9.17) is 16.3 Å². The first-order valence-corrected chi connectivity index (χ1v) is 6.13. The number of rotatable bonds is 4. The lowest BCUT2D eigenvalue weighted by molar-refractivity contribution is 0.193. The van der Waals surface area contributed by atoms with Crippen molar-refractivity contribution in [2.24, 2.45) is 0 Å². The minimum absolute atomic E-state index is 0.231. The van der Waals surface area contributed by atoms with Crippen LogP contribution < -0.4 is 4.74 Å². The molecule has 0 heterocycles. The van der Waals surface area contributed by atoms with Crippen LogP contribution in [0, 0.1) is 0 Å². The van der Waals surface area contributed by atoms with E-state index in [1.165, 1.54) is 0 Å². The Labute approximate surface area is 111 Å². The molecule has 0 spiro atoms. The smallest absolute Gasteiger partial charge is 0.133 e. The van der Waals surface area contributed by atoms with Gasteiger partial charge in [-0.05, 0) is 12.3 Å². The summed E-state index contributed by atoms with van der Waals surface area (Å²) in [7, 11) is 0. The van der Waals surface area contributed by atoms with E-state index in [1.54, 1.807) is 6.92 Å². The van der Waals surface area contributed by atoms with Gasteiger partial charge in [0.25, 0.3) is 0 Å². The Kier molecular flexibility index (Phi) is 3.90. The number of aliphatic hydroxyl groups excluding tert-OH is 1. The fraction of sp³-hybridized carbons (Fsp3) is 0.200. The molecule has 0 bridgehead atoms. The highest BCUT2D eigenvalue weighted by molar-refractivity contribution is 6.29.